The zero-order valence-corrected chi connectivity index (χ0v) is 16.6. The van der Waals surface area contributed by atoms with Crippen molar-refractivity contribution in [1.29, 1.82) is 0 Å². The summed E-state index contributed by atoms with van der Waals surface area (Å²) in [6.07, 6.45) is 3.06. The molecule has 9 heteroatoms. The molecule has 3 aromatic rings. The van der Waals surface area contributed by atoms with Crippen molar-refractivity contribution in [3.63, 3.8) is 0 Å². The van der Waals surface area contributed by atoms with Gasteiger partial charge in [0.25, 0.3) is 10.0 Å². The van der Waals surface area contributed by atoms with Gasteiger partial charge in [-0.05, 0) is 42.0 Å². The number of sulfonamides is 1. The summed E-state index contributed by atoms with van der Waals surface area (Å²) in [6.45, 7) is 0.441. The molecule has 3 rings (SSSR count). The first-order valence-electron chi connectivity index (χ1n) is 7.08. The van der Waals surface area contributed by atoms with Gasteiger partial charge < -0.3 is 0 Å². The molecule has 0 saturated carbocycles. The number of nitrogens with one attached hydrogen (secondary N) is 1. The topological polar surface area (TPSA) is 64.0 Å². The molecule has 0 radical (unpaired) electrons. The molecule has 0 saturated heterocycles. The lowest BCUT2D eigenvalue weighted by molar-refractivity contribution is 0.601. The van der Waals surface area contributed by atoms with Gasteiger partial charge in [0.05, 0.1) is 33.4 Å². The Bertz CT molecular complexity index is 1000. The number of halogens is 3. The predicted molar refractivity (Wildman–Crippen MR) is 103 cm³/mol. The van der Waals surface area contributed by atoms with E-state index in [0.717, 1.165) is 10.0 Å². The molecular weight excluding hydrogens is 449 g/mol. The Morgan fingerprint density at radius 1 is 1.08 bits per heavy atom. The fraction of sp³-hybridized carbons (Fsp3) is 0.0625. The van der Waals surface area contributed by atoms with Crippen LogP contribution in [0.25, 0.3) is 0 Å². The van der Waals surface area contributed by atoms with Crippen LogP contribution in [0.15, 0.2) is 64.2 Å². The molecule has 0 amide bonds. The van der Waals surface area contributed by atoms with Crippen LogP contribution in [0.1, 0.15) is 5.56 Å². The zero-order chi connectivity index (χ0) is 18.0. The van der Waals surface area contributed by atoms with Crippen molar-refractivity contribution in [2.24, 2.45) is 0 Å². The second-order valence-electron chi connectivity index (χ2n) is 5.23. The fourth-order valence-corrected chi connectivity index (χ4v) is 3.77. The van der Waals surface area contributed by atoms with Crippen LogP contribution in [-0.4, -0.2) is 18.2 Å². The minimum Gasteiger partial charge on any atom is -0.276 e. The van der Waals surface area contributed by atoms with Gasteiger partial charge in [-0.15, -0.1) is 0 Å². The van der Waals surface area contributed by atoms with Crippen molar-refractivity contribution in [1.82, 2.24) is 9.78 Å². The SMILES string of the molecule is O=S(=O)(Nc1cnn(Cc2ccc(Cl)c(Cl)c2)c1)c1ccc(Br)cc1. The van der Waals surface area contributed by atoms with Gasteiger partial charge in [-0.1, -0.05) is 45.2 Å². The highest BCUT2D eigenvalue weighted by atomic mass is 79.9. The average molecular weight is 461 g/mol. The molecule has 0 fully saturated rings. The molecule has 0 aliphatic heterocycles. The van der Waals surface area contributed by atoms with Crippen LogP contribution in [0.4, 0.5) is 5.69 Å². The number of rotatable bonds is 5. The van der Waals surface area contributed by atoms with E-state index in [2.05, 4.69) is 25.8 Å². The largest absolute Gasteiger partial charge is 0.276 e. The van der Waals surface area contributed by atoms with Crippen LogP contribution in [0.5, 0.6) is 0 Å². The maximum atomic E-state index is 12.4. The van der Waals surface area contributed by atoms with Gasteiger partial charge in [-0.25, -0.2) is 8.42 Å². The molecule has 0 atom stereocenters. The van der Waals surface area contributed by atoms with Crippen LogP contribution in [0.2, 0.25) is 10.0 Å². The highest BCUT2D eigenvalue weighted by Gasteiger charge is 2.15. The lowest BCUT2D eigenvalue weighted by atomic mass is 10.2. The van der Waals surface area contributed by atoms with E-state index in [1.54, 1.807) is 35.1 Å². The highest BCUT2D eigenvalue weighted by Crippen LogP contribution is 2.23. The number of hydrogen-bond acceptors (Lipinski definition) is 3. The summed E-state index contributed by atoms with van der Waals surface area (Å²) in [5.74, 6) is 0. The van der Waals surface area contributed by atoms with Crippen molar-refractivity contribution < 1.29 is 8.42 Å². The number of anilines is 1. The predicted octanol–water partition coefficient (Wildman–Crippen LogP) is 4.80. The first-order valence-corrected chi connectivity index (χ1v) is 10.1. The van der Waals surface area contributed by atoms with E-state index in [4.69, 9.17) is 23.2 Å². The van der Waals surface area contributed by atoms with Crippen LogP contribution in [0, 0.1) is 0 Å². The van der Waals surface area contributed by atoms with E-state index in [1.807, 2.05) is 6.07 Å². The zero-order valence-electron chi connectivity index (χ0n) is 12.7. The molecule has 130 valence electrons. The summed E-state index contributed by atoms with van der Waals surface area (Å²) in [6, 6.07) is 11.7. The molecule has 25 heavy (non-hydrogen) atoms. The van der Waals surface area contributed by atoms with E-state index in [9.17, 15) is 8.42 Å². The summed E-state index contributed by atoms with van der Waals surface area (Å²) in [5.41, 5.74) is 1.28. The molecule has 0 bridgehead atoms. The third-order valence-electron chi connectivity index (χ3n) is 3.34. The Balaban J connectivity index is 1.74. The summed E-state index contributed by atoms with van der Waals surface area (Å²) in [7, 11) is -3.66. The molecule has 1 N–H and O–H groups in total. The number of hydrogen-bond donors (Lipinski definition) is 1. The van der Waals surface area contributed by atoms with E-state index in [0.29, 0.717) is 22.3 Å². The van der Waals surface area contributed by atoms with E-state index in [-0.39, 0.29) is 4.90 Å². The van der Waals surface area contributed by atoms with Gasteiger partial charge in [0.2, 0.25) is 0 Å². The monoisotopic (exact) mass is 459 g/mol. The van der Waals surface area contributed by atoms with Gasteiger partial charge in [-0.3, -0.25) is 9.40 Å². The second kappa shape index (κ2) is 7.37. The van der Waals surface area contributed by atoms with Gasteiger partial charge in [0.1, 0.15) is 0 Å². The van der Waals surface area contributed by atoms with Crippen molar-refractivity contribution in [2.45, 2.75) is 11.4 Å². The molecule has 0 aliphatic rings. The maximum Gasteiger partial charge on any atom is 0.261 e. The molecule has 0 unspecified atom stereocenters. The third-order valence-corrected chi connectivity index (χ3v) is 6.00. The Morgan fingerprint density at radius 2 is 1.80 bits per heavy atom. The Kier molecular flexibility index (Phi) is 5.38. The summed E-state index contributed by atoms with van der Waals surface area (Å²) in [5, 5.41) is 5.10. The molecule has 2 aromatic carbocycles. The van der Waals surface area contributed by atoms with Crippen molar-refractivity contribution in [3.05, 3.63) is 74.9 Å². The first-order chi connectivity index (χ1) is 11.8. The lowest BCUT2D eigenvalue weighted by Gasteiger charge is -2.06. The Hall–Kier alpha value is -1.54. The standard InChI is InChI=1S/C16H12BrCl2N3O2S/c17-12-2-4-14(5-3-12)25(23,24)21-13-8-20-22(10-13)9-11-1-6-15(18)16(19)7-11/h1-8,10,21H,9H2. The number of benzene rings is 2. The third kappa shape index (κ3) is 4.55. The average Bonchev–Trinajstić information content (AvgIpc) is 2.97. The van der Waals surface area contributed by atoms with Crippen molar-refractivity contribution in [3.8, 4) is 0 Å². The normalized spacial score (nSPS) is 11.5. The van der Waals surface area contributed by atoms with Crippen LogP contribution in [0.3, 0.4) is 0 Å². The van der Waals surface area contributed by atoms with Crippen LogP contribution in [-0.2, 0) is 16.6 Å². The van der Waals surface area contributed by atoms with Gasteiger partial charge in [0, 0.05) is 10.7 Å². The number of aromatic nitrogens is 2. The quantitative estimate of drug-likeness (QED) is 0.594. The molecular formula is C16H12BrCl2N3O2S. The number of nitrogens with zero attached hydrogens (tertiary/aromatic N) is 2. The second-order valence-corrected chi connectivity index (χ2v) is 8.65. The molecule has 0 aliphatic carbocycles. The Morgan fingerprint density at radius 3 is 2.48 bits per heavy atom. The lowest BCUT2D eigenvalue weighted by Crippen LogP contribution is -2.12. The van der Waals surface area contributed by atoms with Crippen LogP contribution >= 0.6 is 39.1 Å². The van der Waals surface area contributed by atoms with Crippen molar-refractivity contribution >= 4 is 54.8 Å². The molecule has 5 nitrogen and oxygen atoms in total. The summed E-state index contributed by atoms with van der Waals surface area (Å²) < 4.78 is 29.7. The van der Waals surface area contributed by atoms with Crippen molar-refractivity contribution in [2.75, 3.05) is 4.72 Å². The van der Waals surface area contributed by atoms with E-state index >= 15 is 0 Å². The molecule has 1 aromatic heterocycles. The maximum absolute atomic E-state index is 12.4. The smallest absolute Gasteiger partial charge is 0.261 e. The minimum atomic E-state index is -3.66. The van der Waals surface area contributed by atoms with Gasteiger partial charge >= 0.3 is 0 Å². The fourth-order valence-electron chi connectivity index (χ4n) is 2.16. The van der Waals surface area contributed by atoms with Gasteiger partial charge in [-0.2, -0.15) is 5.10 Å². The van der Waals surface area contributed by atoms with E-state index in [1.165, 1.54) is 18.3 Å². The molecule has 1 heterocycles. The van der Waals surface area contributed by atoms with Gasteiger partial charge in [0.15, 0.2) is 0 Å². The minimum absolute atomic E-state index is 0.174. The van der Waals surface area contributed by atoms with Crippen LogP contribution < -0.4 is 4.72 Å². The highest BCUT2D eigenvalue weighted by molar-refractivity contribution is 9.10. The summed E-state index contributed by atoms with van der Waals surface area (Å²) in [4.78, 5) is 0.174. The summed E-state index contributed by atoms with van der Waals surface area (Å²) >= 11 is 15.2. The Labute approximate surface area is 163 Å². The molecule has 0 spiro atoms. The van der Waals surface area contributed by atoms with E-state index < -0.39 is 10.0 Å². The first kappa shape index (κ1) is 18.3.